The highest BCUT2D eigenvalue weighted by molar-refractivity contribution is 6.06. The van der Waals surface area contributed by atoms with E-state index < -0.39 is 5.54 Å². The van der Waals surface area contributed by atoms with E-state index in [1.54, 1.807) is 13.8 Å². The summed E-state index contributed by atoms with van der Waals surface area (Å²) in [5.74, 6) is -0.114. The van der Waals surface area contributed by atoms with Gasteiger partial charge in [-0.3, -0.25) is 9.69 Å². The van der Waals surface area contributed by atoms with Crippen molar-refractivity contribution in [2.24, 2.45) is 0 Å². The van der Waals surface area contributed by atoms with Crippen molar-refractivity contribution in [2.45, 2.75) is 64.0 Å². The summed E-state index contributed by atoms with van der Waals surface area (Å²) < 4.78 is 0. The minimum atomic E-state index is -0.752. The van der Waals surface area contributed by atoms with E-state index in [2.05, 4.69) is 17.3 Å². The number of nitrogens with zero attached hydrogens (tertiary/aromatic N) is 2. The first-order chi connectivity index (χ1) is 9.42. The lowest BCUT2D eigenvalue weighted by atomic mass is 10.1. The number of nitrogens with one attached hydrogen (secondary N) is 1. The third-order valence-electron chi connectivity index (χ3n) is 4.57. The second-order valence-electron chi connectivity index (χ2n) is 6.64. The van der Waals surface area contributed by atoms with Crippen LogP contribution in [0.15, 0.2) is 0 Å². The van der Waals surface area contributed by atoms with E-state index in [0.29, 0.717) is 12.6 Å². The number of imide groups is 1. The van der Waals surface area contributed by atoms with E-state index in [-0.39, 0.29) is 11.9 Å². The minimum absolute atomic E-state index is 0.114. The fraction of sp³-hybridized carbons (Fsp3) is 0.867. The van der Waals surface area contributed by atoms with E-state index in [1.165, 1.54) is 43.4 Å². The Labute approximate surface area is 121 Å². The Morgan fingerprint density at radius 1 is 1.20 bits per heavy atom. The molecule has 2 fully saturated rings. The van der Waals surface area contributed by atoms with Gasteiger partial charge < -0.3 is 10.2 Å². The minimum Gasteiger partial charge on any atom is -0.324 e. The number of carbonyl (C=O) groups excluding carboxylic acids is 2. The molecule has 114 valence electrons. The molecule has 0 unspecified atom stereocenters. The lowest BCUT2D eigenvalue weighted by molar-refractivity contribution is -0.130. The van der Waals surface area contributed by atoms with Crippen LogP contribution in [0.1, 0.15) is 52.4 Å². The molecule has 0 bridgehead atoms. The van der Waals surface area contributed by atoms with Gasteiger partial charge in [0, 0.05) is 19.1 Å². The zero-order valence-electron chi connectivity index (χ0n) is 12.9. The van der Waals surface area contributed by atoms with Gasteiger partial charge in [0.15, 0.2) is 0 Å². The average Bonchev–Trinajstić information content (AvgIpc) is 2.61. The highest BCUT2D eigenvalue weighted by Crippen LogP contribution is 2.21. The number of hydrogen-bond acceptors (Lipinski definition) is 3. The summed E-state index contributed by atoms with van der Waals surface area (Å²) in [4.78, 5) is 27.6. The van der Waals surface area contributed by atoms with Gasteiger partial charge in [0.1, 0.15) is 5.54 Å². The van der Waals surface area contributed by atoms with E-state index in [4.69, 9.17) is 0 Å². The topological polar surface area (TPSA) is 52.6 Å². The molecule has 0 aromatic heterocycles. The third-order valence-corrected chi connectivity index (χ3v) is 4.57. The smallest absolute Gasteiger partial charge is 0.324 e. The summed E-state index contributed by atoms with van der Waals surface area (Å²) in [7, 11) is 2.11. The van der Waals surface area contributed by atoms with Crippen LogP contribution in [0.3, 0.4) is 0 Å². The number of amides is 3. The van der Waals surface area contributed by atoms with E-state index >= 15 is 0 Å². The van der Waals surface area contributed by atoms with Crippen LogP contribution in [0.2, 0.25) is 0 Å². The Hall–Kier alpha value is -1.10. The van der Waals surface area contributed by atoms with Crippen LogP contribution in [0, 0.1) is 0 Å². The molecule has 2 aliphatic rings. The summed E-state index contributed by atoms with van der Waals surface area (Å²) in [6.45, 7) is 4.76. The fourth-order valence-corrected chi connectivity index (χ4v) is 3.16. The first kappa shape index (κ1) is 15.3. The van der Waals surface area contributed by atoms with Gasteiger partial charge in [0.05, 0.1) is 0 Å². The molecule has 20 heavy (non-hydrogen) atoms. The highest BCUT2D eigenvalue weighted by atomic mass is 16.2. The maximum Gasteiger partial charge on any atom is 0.325 e. The summed E-state index contributed by atoms with van der Waals surface area (Å²) in [5.41, 5.74) is -0.752. The lowest BCUT2D eigenvalue weighted by Gasteiger charge is -2.28. The van der Waals surface area contributed by atoms with Crippen LogP contribution in [-0.4, -0.2) is 53.5 Å². The Morgan fingerprint density at radius 2 is 1.80 bits per heavy atom. The van der Waals surface area contributed by atoms with Crippen molar-refractivity contribution in [2.75, 3.05) is 20.1 Å². The van der Waals surface area contributed by atoms with Gasteiger partial charge in [-0.25, -0.2) is 4.79 Å². The molecule has 5 nitrogen and oxygen atoms in total. The summed E-state index contributed by atoms with van der Waals surface area (Å²) >= 11 is 0. The van der Waals surface area contributed by atoms with Crippen LogP contribution in [0.4, 0.5) is 4.79 Å². The van der Waals surface area contributed by atoms with Crippen molar-refractivity contribution in [3.63, 3.8) is 0 Å². The van der Waals surface area contributed by atoms with Crippen molar-refractivity contribution in [1.29, 1.82) is 0 Å². The lowest BCUT2D eigenvalue weighted by Crippen LogP contribution is -2.43. The Kier molecular flexibility index (Phi) is 4.68. The molecule has 1 aliphatic heterocycles. The molecule has 1 N–H and O–H groups in total. The molecule has 1 saturated heterocycles. The molecule has 0 spiro atoms. The second-order valence-corrected chi connectivity index (χ2v) is 6.64. The first-order valence-electron chi connectivity index (χ1n) is 7.76. The monoisotopic (exact) mass is 281 g/mol. The van der Waals surface area contributed by atoms with Gasteiger partial charge in [-0.1, -0.05) is 25.7 Å². The van der Waals surface area contributed by atoms with Crippen LogP contribution in [0.5, 0.6) is 0 Å². The molecule has 0 aromatic rings. The van der Waals surface area contributed by atoms with Crippen LogP contribution < -0.4 is 5.32 Å². The van der Waals surface area contributed by atoms with Gasteiger partial charge in [-0.2, -0.15) is 0 Å². The van der Waals surface area contributed by atoms with Gasteiger partial charge in [0.25, 0.3) is 5.91 Å². The number of urea groups is 1. The zero-order valence-corrected chi connectivity index (χ0v) is 12.9. The molecule has 5 heteroatoms. The summed E-state index contributed by atoms with van der Waals surface area (Å²) in [6, 6.07) is 0.348. The van der Waals surface area contributed by atoms with Crippen molar-refractivity contribution < 1.29 is 9.59 Å². The van der Waals surface area contributed by atoms with Crippen LogP contribution in [0.25, 0.3) is 0 Å². The zero-order chi connectivity index (χ0) is 14.8. The molecule has 1 heterocycles. The first-order valence-corrected chi connectivity index (χ1v) is 7.76. The van der Waals surface area contributed by atoms with Crippen LogP contribution in [-0.2, 0) is 4.79 Å². The molecule has 0 atom stereocenters. The van der Waals surface area contributed by atoms with Gasteiger partial charge in [-0.05, 0) is 33.7 Å². The number of rotatable bonds is 4. The van der Waals surface area contributed by atoms with E-state index in [9.17, 15) is 9.59 Å². The molecule has 1 aliphatic carbocycles. The predicted molar refractivity (Wildman–Crippen MR) is 78.4 cm³/mol. The Morgan fingerprint density at radius 3 is 2.30 bits per heavy atom. The van der Waals surface area contributed by atoms with Gasteiger partial charge in [-0.15, -0.1) is 0 Å². The number of hydrogen-bond donors (Lipinski definition) is 1. The summed E-state index contributed by atoms with van der Waals surface area (Å²) in [5, 5.41) is 2.73. The Balaban J connectivity index is 1.85. The van der Waals surface area contributed by atoms with Crippen molar-refractivity contribution in [1.82, 2.24) is 15.1 Å². The predicted octanol–water partition coefficient (Wildman–Crippen LogP) is 1.97. The second kappa shape index (κ2) is 6.12. The normalized spacial score (nSPS) is 24.1. The quantitative estimate of drug-likeness (QED) is 0.633. The number of carbonyl (C=O) groups is 2. The van der Waals surface area contributed by atoms with E-state index in [1.807, 2.05) is 0 Å². The highest BCUT2D eigenvalue weighted by Gasteiger charge is 2.43. The third kappa shape index (κ3) is 3.32. The molecule has 0 aromatic carbocycles. The van der Waals surface area contributed by atoms with Crippen molar-refractivity contribution in [3.05, 3.63) is 0 Å². The average molecular weight is 281 g/mol. The molecule has 2 rings (SSSR count). The van der Waals surface area contributed by atoms with Gasteiger partial charge >= 0.3 is 6.03 Å². The van der Waals surface area contributed by atoms with Gasteiger partial charge in [0.2, 0.25) is 0 Å². The molecular weight excluding hydrogens is 254 g/mol. The maximum absolute atomic E-state index is 12.1. The number of likely N-dealkylation sites (N-methyl/N-ethyl adjacent to an activating group) is 1. The summed E-state index contributed by atoms with van der Waals surface area (Å²) in [6.07, 6.45) is 7.75. The largest absolute Gasteiger partial charge is 0.325 e. The SMILES string of the molecule is CN(CCN1C(=O)NC(C)(C)C1=O)C1CCCCCC1. The molecular formula is C15H27N3O2. The maximum atomic E-state index is 12.1. The van der Waals surface area contributed by atoms with Crippen molar-refractivity contribution in [3.8, 4) is 0 Å². The molecule has 1 saturated carbocycles. The van der Waals surface area contributed by atoms with E-state index in [0.717, 1.165) is 6.54 Å². The van der Waals surface area contributed by atoms with Crippen LogP contribution >= 0.6 is 0 Å². The van der Waals surface area contributed by atoms with Crippen molar-refractivity contribution >= 4 is 11.9 Å². The molecule has 0 radical (unpaired) electrons. The Bertz CT molecular complexity index is 373. The standard InChI is InChI=1S/C15H27N3O2/c1-15(2)13(19)18(14(20)16-15)11-10-17(3)12-8-6-4-5-7-9-12/h12H,4-11H2,1-3H3,(H,16,20). The fourth-order valence-electron chi connectivity index (χ4n) is 3.16. The molecule has 3 amide bonds.